The molecule has 1 aliphatic carbocycles. The monoisotopic (exact) mass is 344 g/mol. The molecule has 1 saturated carbocycles. The Morgan fingerprint density at radius 2 is 1.80 bits per heavy atom. The molecule has 0 radical (unpaired) electrons. The number of rotatable bonds is 6. The number of amides is 2. The standard InChI is InChI=1S/C20H28N2O3/c1-15-5-3-4-6-18(15)25-14-13-21(2)19(23)17-9-11-22(12-10-17)20(24)16-7-8-16/h3-6,16-17H,7-14H2,1-2H3. The lowest BCUT2D eigenvalue weighted by Crippen LogP contribution is -2.44. The maximum absolute atomic E-state index is 12.6. The summed E-state index contributed by atoms with van der Waals surface area (Å²) in [6, 6.07) is 7.90. The average Bonchev–Trinajstić information content (AvgIpc) is 3.47. The van der Waals surface area contributed by atoms with E-state index < -0.39 is 0 Å². The van der Waals surface area contributed by atoms with Crippen molar-refractivity contribution in [2.24, 2.45) is 11.8 Å². The zero-order chi connectivity index (χ0) is 17.8. The van der Waals surface area contributed by atoms with Crippen LogP contribution in [0.3, 0.4) is 0 Å². The maximum atomic E-state index is 12.6. The SMILES string of the molecule is Cc1ccccc1OCCN(C)C(=O)C1CCN(C(=O)C2CC2)CC1. The van der Waals surface area contributed by atoms with Gasteiger partial charge in [0.1, 0.15) is 12.4 Å². The van der Waals surface area contributed by atoms with Crippen molar-refractivity contribution in [3.63, 3.8) is 0 Å². The van der Waals surface area contributed by atoms with Gasteiger partial charge in [0, 0.05) is 32.0 Å². The highest BCUT2D eigenvalue weighted by atomic mass is 16.5. The zero-order valence-corrected chi connectivity index (χ0v) is 15.2. The first-order chi connectivity index (χ1) is 12.1. The largest absolute Gasteiger partial charge is 0.491 e. The van der Waals surface area contributed by atoms with Crippen LogP contribution in [0.4, 0.5) is 0 Å². The van der Waals surface area contributed by atoms with Crippen LogP contribution in [-0.4, -0.2) is 54.9 Å². The Bertz CT molecular complexity index is 619. The molecule has 3 rings (SSSR count). The highest BCUT2D eigenvalue weighted by Crippen LogP contribution is 2.32. The number of hydrogen-bond acceptors (Lipinski definition) is 3. The lowest BCUT2D eigenvalue weighted by molar-refractivity contribution is -0.140. The molecule has 1 aromatic carbocycles. The second-order valence-corrected chi connectivity index (χ2v) is 7.25. The molecule has 0 unspecified atom stereocenters. The van der Waals surface area contributed by atoms with Crippen molar-refractivity contribution < 1.29 is 14.3 Å². The van der Waals surface area contributed by atoms with E-state index in [0.29, 0.717) is 19.1 Å². The molecule has 0 bridgehead atoms. The van der Waals surface area contributed by atoms with E-state index in [4.69, 9.17) is 4.74 Å². The first-order valence-electron chi connectivity index (χ1n) is 9.28. The third kappa shape index (κ3) is 4.53. The van der Waals surface area contributed by atoms with Crippen LogP contribution in [0, 0.1) is 18.8 Å². The summed E-state index contributed by atoms with van der Waals surface area (Å²) in [5, 5.41) is 0. The number of likely N-dealkylation sites (tertiary alicyclic amines) is 1. The summed E-state index contributed by atoms with van der Waals surface area (Å²) in [5.41, 5.74) is 1.10. The van der Waals surface area contributed by atoms with Gasteiger partial charge in [0.15, 0.2) is 0 Å². The minimum Gasteiger partial charge on any atom is -0.491 e. The predicted molar refractivity (Wildman–Crippen MR) is 96.3 cm³/mol. The number of benzene rings is 1. The molecule has 0 aromatic heterocycles. The van der Waals surface area contributed by atoms with E-state index in [-0.39, 0.29) is 17.7 Å². The molecule has 25 heavy (non-hydrogen) atoms. The van der Waals surface area contributed by atoms with E-state index in [2.05, 4.69) is 0 Å². The van der Waals surface area contributed by atoms with Crippen molar-refractivity contribution in [2.45, 2.75) is 32.6 Å². The summed E-state index contributed by atoms with van der Waals surface area (Å²) >= 11 is 0. The van der Waals surface area contributed by atoms with Crippen molar-refractivity contribution in [3.05, 3.63) is 29.8 Å². The smallest absolute Gasteiger partial charge is 0.225 e. The van der Waals surface area contributed by atoms with Crippen LogP contribution in [0.15, 0.2) is 24.3 Å². The van der Waals surface area contributed by atoms with Crippen molar-refractivity contribution in [3.8, 4) is 5.75 Å². The Morgan fingerprint density at radius 1 is 1.12 bits per heavy atom. The van der Waals surface area contributed by atoms with Gasteiger partial charge in [0.2, 0.25) is 11.8 Å². The van der Waals surface area contributed by atoms with Crippen LogP contribution in [0.25, 0.3) is 0 Å². The molecule has 2 aliphatic rings. The van der Waals surface area contributed by atoms with E-state index in [1.54, 1.807) is 4.90 Å². The van der Waals surface area contributed by atoms with Crippen LogP contribution in [0.5, 0.6) is 5.75 Å². The van der Waals surface area contributed by atoms with Crippen molar-refractivity contribution >= 4 is 11.8 Å². The molecule has 1 aliphatic heterocycles. The van der Waals surface area contributed by atoms with Gasteiger partial charge in [-0.3, -0.25) is 9.59 Å². The highest BCUT2D eigenvalue weighted by Gasteiger charge is 2.36. The van der Waals surface area contributed by atoms with Gasteiger partial charge in [0.25, 0.3) is 0 Å². The number of para-hydroxylation sites is 1. The molecule has 0 N–H and O–H groups in total. The van der Waals surface area contributed by atoms with Gasteiger partial charge in [-0.1, -0.05) is 18.2 Å². The Kier molecular flexibility index (Phi) is 5.61. The van der Waals surface area contributed by atoms with Crippen LogP contribution in [0.2, 0.25) is 0 Å². The van der Waals surface area contributed by atoms with Crippen LogP contribution < -0.4 is 4.74 Å². The third-order valence-corrected chi connectivity index (χ3v) is 5.24. The fourth-order valence-electron chi connectivity index (χ4n) is 3.37. The molecule has 1 heterocycles. The molecule has 1 aromatic rings. The Balaban J connectivity index is 1.40. The second kappa shape index (κ2) is 7.89. The molecule has 0 atom stereocenters. The van der Waals surface area contributed by atoms with E-state index in [1.165, 1.54) is 0 Å². The van der Waals surface area contributed by atoms with Crippen LogP contribution >= 0.6 is 0 Å². The second-order valence-electron chi connectivity index (χ2n) is 7.25. The highest BCUT2D eigenvalue weighted by molar-refractivity contribution is 5.82. The Morgan fingerprint density at radius 3 is 2.44 bits per heavy atom. The van der Waals surface area contributed by atoms with Crippen LogP contribution in [-0.2, 0) is 9.59 Å². The zero-order valence-electron chi connectivity index (χ0n) is 15.2. The molecule has 2 amide bonds. The van der Waals surface area contributed by atoms with Crippen molar-refractivity contribution in [2.75, 3.05) is 33.3 Å². The fraction of sp³-hybridized carbons (Fsp3) is 0.600. The number of hydrogen-bond donors (Lipinski definition) is 0. The van der Waals surface area contributed by atoms with Gasteiger partial charge >= 0.3 is 0 Å². The lowest BCUT2D eigenvalue weighted by Gasteiger charge is -2.33. The third-order valence-electron chi connectivity index (χ3n) is 5.24. The van der Waals surface area contributed by atoms with E-state index in [0.717, 1.165) is 50.1 Å². The normalized spacial score (nSPS) is 18.1. The van der Waals surface area contributed by atoms with Crippen molar-refractivity contribution in [1.29, 1.82) is 0 Å². The predicted octanol–water partition coefficient (Wildman–Crippen LogP) is 2.48. The average molecular weight is 344 g/mol. The quantitative estimate of drug-likeness (QED) is 0.797. The van der Waals surface area contributed by atoms with Gasteiger partial charge in [0.05, 0.1) is 6.54 Å². The fourth-order valence-corrected chi connectivity index (χ4v) is 3.37. The number of aryl methyl sites for hydroxylation is 1. The summed E-state index contributed by atoms with van der Waals surface area (Å²) in [4.78, 5) is 28.4. The molecule has 0 spiro atoms. The van der Waals surface area contributed by atoms with E-state index in [9.17, 15) is 9.59 Å². The summed E-state index contributed by atoms with van der Waals surface area (Å²) < 4.78 is 5.78. The minimum atomic E-state index is 0.0340. The summed E-state index contributed by atoms with van der Waals surface area (Å²) in [6.45, 7) is 4.53. The number of carbonyl (C=O) groups is 2. The number of carbonyl (C=O) groups excluding carboxylic acids is 2. The first-order valence-corrected chi connectivity index (χ1v) is 9.28. The van der Waals surface area contributed by atoms with E-state index in [1.807, 2.05) is 43.1 Å². The van der Waals surface area contributed by atoms with Gasteiger partial charge in [-0.2, -0.15) is 0 Å². The Labute approximate surface area is 149 Å². The summed E-state index contributed by atoms with van der Waals surface area (Å²) in [7, 11) is 1.84. The first kappa shape index (κ1) is 17.8. The molecular weight excluding hydrogens is 316 g/mol. The van der Waals surface area contributed by atoms with E-state index >= 15 is 0 Å². The molecule has 136 valence electrons. The van der Waals surface area contributed by atoms with Gasteiger partial charge < -0.3 is 14.5 Å². The molecular formula is C20H28N2O3. The summed E-state index contributed by atoms with van der Waals surface area (Å²) in [5.74, 6) is 1.65. The summed E-state index contributed by atoms with van der Waals surface area (Å²) in [6.07, 6.45) is 3.64. The van der Waals surface area contributed by atoms with Gasteiger partial charge in [-0.05, 0) is 44.2 Å². The van der Waals surface area contributed by atoms with Crippen LogP contribution in [0.1, 0.15) is 31.2 Å². The number of ether oxygens (including phenoxy) is 1. The van der Waals surface area contributed by atoms with Gasteiger partial charge in [-0.25, -0.2) is 0 Å². The number of likely N-dealkylation sites (N-methyl/N-ethyl adjacent to an activating group) is 1. The maximum Gasteiger partial charge on any atom is 0.225 e. The lowest BCUT2D eigenvalue weighted by atomic mass is 9.95. The van der Waals surface area contributed by atoms with Crippen molar-refractivity contribution in [1.82, 2.24) is 9.80 Å². The van der Waals surface area contributed by atoms with Gasteiger partial charge in [-0.15, -0.1) is 0 Å². The molecule has 2 fully saturated rings. The number of piperidine rings is 1. The Hall–Kier alpha value is -2.04. The molecule has 5 nitrogen and oxygen atoms in total. The number of nitrogens with zero attached hydrogens (tertiary/aromatic N) is 2. The topological polar surface area (TPSA) is 49.9 Å². The minimum absolute atomic E-state index is 0.0340. The molecule has 1 saturated heterocycles. The molecule has 5 heteroatoms.